The molecular formula is C19H22F2N2O3. The van der Waals surface area contributed by atoms with Gasteiger partial charge in [-0.25, -0.2) is 0 Å². The Morgan fingerprint density at radius 2 is 1.81 bits per heavy atom. The lowest BCUT2D eigenvalue weighted by Crippen LogP contribution is -2.31. The molecule has 0 fully saturated rings. The molecule has 0 radical (unpaired) electrons. The minimum Gasteiger partial charge on any atom is -0.493 e. The van der Waals surface area contributed by atoms with E-state index in [4.69, 9.17) is 4.74 Å². The van der Waals surface area contributed by atoms with E-state index < -0.39 is 6.61 Å². The van der Waals surface area contributed by atoms with Crippen molar-refractivity contribution in [1.82, 2.24) is 10.6 Å². The highest BCUT2D eigenvalue weighted by Crippen LogP contribution is 2.29. The number of nitrogens with one attached hydrogen (secondary N) is 2. The highest BCUT2D eigenvalue weighted by atomic mass is 19.3. The lowest BCUT2D eigenvalue weighted by atomic mass is 10.1. The third kappa shape index (κ3) is 6.00. The first-order chi connectivity index (χ1) is 12.5. The summed E-state index contributed by atoms with van der Waals surface area (Å²) in [5.41, 5.74) is 2.48. The maximum atomic E-state index is 12.4. The van der Waals surface area contributed by atoms with Crippen LogP contribution in [0.25, 0.3) is 0 Å². The molecule has 0 aliphatic carbocycles. The molecule has 2 N–H and O–H groups in total. The molecule has 0 aromatic heterocycles. The van der Waals surface area contributed by atoms with Crippen LogP contribution in [-0.2, 0) is 6.54 Å². The normalized spacial score (nSPS) is 10.7. The molecule has 0 spiro atoms. The molecule has 2 aromatic rings. The number of hydrogen-bond acceptors (Lipinski definition) is 4. The van der Waals surface area contributed by atoms with Crippen molar-refractivity contribution in [3.05, 3.63) is 59.2 Å². The Labute approximate surface area is 151 Å². The highest BCUT2D eigenvalue weighted by Gasteiger charge is 2.11. The third-order valence-electron chi connectivity index (χ3n) is 3.67. The monoisotopic (exact) mass is 364 g/mol. The molecule has 0 unspecified atom stereocenters. The van der Waals surface area contributed by atoms with Crippen molar-refractivity contribution in [2.24, 2.45) is 0 Å². The van der Waals surface area contributed by atoms with Crippen LogP contribution < -0.4 is 20.1 Å². The van der Waals surface area contributed by atoms with Gasteiger partial charge in [0.2, 0.25) is 0 Å². The first-order valence-electron chi connectivity index (χ1n) is 8.17. The highest BCUT2D eigenvalue weighted by molar-refractivity contribution is 5.94. The Morgan fingerprint density at radius 3 is 2.46 bits per heavy atom. The Balaban J connectivity index is 1.77. The zero-order valence-electron chi connectivity index (χ0n) is 14.7. The molecule has 140 valence electrons. The number of amides is 1. The van der Waals surface area contributed by atoms with Crippen molar-refractivity contribution >= 4 is 5.91 Å². The quantitative estimate of drug-likeness (QED) is 0.671. The number of ether oxygens (including phenoxy) is 2. The van der Waals surface area contributed by atoms with Crippen LogP contribution in [0.5, 0.6) is 11.5 Å². The van der Waals surface area contributed by atoms with Crippen molar-refractivity contribution in [3.63, 3.8) is 0 Å². The summed E-state index contributed by atoms with van der Waals surface area (Å²) >= 11 is 0. The third-order valence-corrected chi connectivity index (χ3v) is 3.67. The first-order valence-corrected chi connectivity index (χ1v) is 8.17. The van der Waals surface area contributed by atoms with E-state index in [0.717, 1.165) is 11.1 Å². The molecular weight excluding hydrogens is 342 g/mol. The Kier molecular flexibility index (Phi) is 7.35. The summed E-state index contributed by atoms with van der Waals surface area (Å²) in [6, 6.07) is 12.2. The second-order valence-corrected chi connectivity index (χ2v) is 5.66. The van der Waals surface area contributed by atoms with Gasteiger partial charge in [-0.05, 0) is 36.8 Å². The number of carbonyl (C=O) groups excluding carboxylic acids is 1. The number of hydrogen-bond donors (Lipinski definition) is 2. The molecule has 0 saturated heterocycles. The zero-order valence-corrected chi connectivity index (χ0v) is 14.7. The second-order valence-electron chi connectivity index (χ2n) is 5.66. The largest absolute Gasteiger partial charge is 0.493 e. The van der Waals surface area contributed by atoms with E-state index in [1.54, 1.807) is 24.3 Å². The van der Waals surface area contributed by atoms with Gasteiger partial charge in [0.1, 0.15) is 0 Å². The van der Waals surface area contributed by atoms with Crippen LogP contribution in [0.1, 0.15) is 21.5 Å². The van der Waals surface area contributed by atoms with Gasteiger partial charge in [0.25, 0.3) is 5.91 Å². The summed E-state index contributed by atoms with van der Waals surface area (Å²) < 4.78 is 34.3. The first kappa shape index (κ1) is 19.7. The molecule has 26 heavy (non-hydrogen) atoms. The van der Waals surface area contributed by atoms with E-state index in [2.05, 4.69) is 15.4 Å². The predicted octanol–water partition coefficient (Wildman–Crippen LogP) is 3.12. The van der Waals surface area contributed by atoms with Crippen molar-refractivity contribution in [3.8, 4) is 11.5 Å². The van der Waals surface area contributed by atoms with Gasteiger partial charge in [0.15, 0.2) is 11.5 Å². The summed E-state index contributed by atoms with van der Waals surface area (Å²) in [5, 5.41) is 5.95. The molecule has 0 aliphatic rings. The number of benzene rings is 2. The van der Waals surface area contributed by atoms with E-state index in [1.807, 2.05) is 19.1 Å². The lowest BCUT2D eigenvalue weighted by Gasteiger charge is -2.12. The molecule has 0 aliphatic heterocycles. The number of methoxy groups -OCH3 is 1. The van der Waals surface area contributed by atoms with Gasteiger partial charge in [-0.15, -0.1) is 0 Å². The smallest absolute Gasteiger partial charge is 0.387 e. The van der Waals surface area contributed by atoms with Gasteiger partial charge < -0.3 is 20.1 Å². The molecule has 5 nitrogen and oxygen atoms in total. The molecule has 7 heteroatoms. The summed E-state index contributed by atoms with van der Waals surface area (Å²) in [6.07, 6.45) is 0. The van der Waals surface area contributed by atoms with Gasteiger partial charge >= 0.3 is 6.61 Å². The van der Waals surface area contributed by atoms with E-state index in [1.165, 1.54) is 13.2 Å². The van der Waals surface area contributed by atoms with Gasteiger partial charge in [-0.2, -0.15) is 8.78 Å². The molecule has 0 bridgehead atoms. The van der Waals surface area contributed by atoms with E-state index >= 15 is 0 Å². The fourth-order valence-corrected chi connectivity index (χ4v) is 2.32. The molecule has 2 aromatic carbocycles. The number of halogens is 2. The average molecular weight is 364 g/mol. The number of rotatable bonds is 9. The number of aryl methyl sites for hydroxylation is 1. The van der Waals surface area contributed by atoms with Crippen LogP contribution in [-0.4, -0.2) is 32.7 Å². The number of carbonyl (C=O) groups is 1. The fraction of sp³-hybridized carbons (Fsp3) is 0.316. The predicted molar refractivity (Wildman–Crippen MR) is 94.8 cm³/mol. The SMILES string of the molecule is COc1ccc(CNCCNC(=O)c2ccc(C)cc2)cc1OC(F)F. The maximum Gasteiger partial charge on any atom is 0.387 e. The summed E-state index contributed by atoms with van der Waals surface area (Å²) in [4.78, 5) is 12.0. The topological polar surface area (TPSA) is 59.6 Å². The molecule has 2 rings (SSSR count). The van der Waals surface area contributed by atoms with Gasteiger partial charge in [0, 0.05) is 25.2 Å². The van der Waals surface area contributed by atoms with Crippen LogP contribution in [0, 0.1) is 6.92 Å². The van der Waals surface area contributed by atoms with Crippen LogP contribution in [0.15, 0.2) is 42.5 Å². The van der Waals surface area contributed by atoms with Crippen LogP contribution in [0.2, 0.25) is 0 Å². The Bertz CT molecular complexity index is 721. The van der Waals surface area contributed by atoms with Crippen molar-refractivity contribution < 1.29 is 23.0 Å². The second kappa shape index (κ2) is 9.72. The van der Waals surface area contributed by atoms with Crippen molar-refractivity contribution in [1.29, 1.82) is 0 Å². The van der Waals surface area contributed by atoms with Crippen LogP contribution >= 0.6 is 0 Å². The van der Waals surface area contributed by atoms with Crippen LogP contribution in [0.4, 0.5) is 8.78 Å². The summed E-state index contributed by atoms with van der Waals surface area (Å²) in [7, 11) is 1.39. The van der Waals surface area contributed by atoms with E-state index in [-0.39, 0.29) is 17.4 Å². The van der Waals surface area contributed by atoms with Gasteiger partial charge in [0.05, 0.1) is 7.11 Å². The maximum absolute atomic E-state index is 12.4. The van der Waals surface area contributed by atoms with Crippen molar-refractivity contribution in [2.75, 3.05) is 20.2 Å². The summed E-state index contributed by atoms with van der Waals surface area (Å²) in [5.74, 6) is 0.109. The zero-order chi connectivity index (χ0) is 18.9. The molecule has 1 amide bonds. The van der Waals surface area contributed by atoms with Gasteiger partial charge in [-0.3, -0.25) is 4.79 Å². The minimum absolute atomic E-state index is 0.00512. The summed E-state index contributed by atoms with van der Waals surface area (Å²) in [6.45, 7) is 0.480. The van der Waals surface area contributed by atoms with E-state index in [0.29, 0.717) is 25.2 Å². The number of alkyl halides is 2. The fourth-order valence-electron chi connectivity index (χ4n) is 2.32. The minimum atomic E-state index is -2.91. The van der Waals surface area contributed by atoms with Crippen molar-refractivity contribution in [2.45, 2.75) is 20.1 Å². The molecule has 0 heterocycles. The van der Waals surface area contributed by atoms with E-state index in [9.17, 15) is 13.6 Å². The molecule has 0 atom stereocenters. The Hall–Kier alpha value is -2.67. The lowest BCUT2D eigenvalue weighted by molar-refractivity contribution is -0.0512. The van der Waals surface area contributed by atoms with Crippen LogP contribution in [0.3, 0.4) is 0 Å². The van der Waals surface area contributed by atoms with Gasteiger partial charge in [-0.1, -0.05) is 23.8 Å². The standard InChI is InChI=1S/C19H22F2N2O3/c1-13-3-6-15(7-4-13)18(24)23-10-9-22-12-14-5-8-16(25-2)17(11-14)26-19(20)21/h3-8,11,19,22H,9-10,12H2,1-2H3,(H,23,24). The molecule has 0 saturated carbocycles. The Morgan fingerprint density at radius 1 is 1.08 bits per heavy atom. The average Bonchev–Trinajstić information content (AvgIpc) is 2.61.